The summed E-state index contributed by atoms with van der Waals surface area (Å²) in [5.41, 5.74) is 7.04. The quantitative estimate of drug-likeness (QED) is 0.399. The van der Waals surface area contributed by atoms with E-state index < -0.39 is 0 Å². The Balaban J connectivity index is 1.52. The minimum atomic E-state index is -0.196. The zero-order chi connectivity index (χ0) is 22.8. The van der Waals surface area contributed by atoms with E-state index in [2.05, 4.69) is 68.0 Å². The molecule has 0 spiro atoms. The number of benzene rings is 2. The van der Waals surface area contributed by atoms with E-state index in [1.165, 1.54) is 0 Å². The predicted octanol–water partition coefficient (Wildman–Crippen LogP) is 3.32. The van der Waals surface area contributed by atoms with Crippen molar-refractivity contribution in [3.63, 3.8) is 0 Å². The lowest BCUT2D eigenvalue weighted by molar-refractivity contribution is 0.271. The second-order valence-corrected chi connectivity index (χ2v) is 7.91. The number of nitrogens with one attached hydrogen (secondary N) is 1. The average molecular weight is 441 g/mol. The van der Waals surface area contributed by atoms with Crippen LogP contribution in [0.15, 0.2) is 48.5 Å². The maximum absolute atomic E-state index is 9.54. The van der Waals surface area contributed by atoms with E-state index >= 15 is 0 Å². The Kier molecular flexibility index (Phi) is 5.62. The van der Waals surface area contributed by atoms with E-state index in [4.69, 9.17) is 4.98 Å². The molecule has 0 amide bonds. The molecule has 0 atom stereocenters. The van der Waals surface area contributed by atoms with Crippen molar-refractivity contribution in [1.29, 1.82) is 0 Å². The smallest absolute Gasteiger partial charge is 0.205 e. The standard InChI is InChI=1S/C24H24N8O/c1-3-6-21-20(24-26-22(14-33)29-32(24)15(2)25-21)13-16-9-11-17(12-10-16)18-7-4-5-8-19(18)23-27-30-31-28-23/h4-5,7-12,33H,3,6,13-14H2,1-2H3,(H,27,28,30,31). The Labute approximate surface area is 190 Å². The molecule has 0 fully saturated rings. The Hall–Kier alpha value is -3.98. The molecule has 0 radical (unpaired) electrons. The summed E-state index contributed by atoms with van der Waals surface area (Å²) < 4.78 is 1.73. The second-order valence-electron chi connectivity index (χ2n) is 7.91. The number of tetrazole rings is 1. The second kappa shape index (κ2) is 8.87. The summed E-state index contributed by atoms with van der Waals surface area (Å²) in [5, 5.41) is 28.4. The topological polar surface area (TPSA) is 118 Å². The van der Waals surface area contributed by atoms with E-state index in [0.29, 0.717) is 18.1 Å². The van der Waals surface area contributed by atoms with Crippen molar-refractivity contribution in [3.8, 4) is 22.5 Å². The van der Waals surface area contributed by atoms with Gasteiger partial charge in [0.05, 0.1) is 0 Å². The highest BCUT2D eigenvalue weighted by molar-refractivity contribution is 5.80. The van der Waals surface area contributed by atoms with Crippen molar-refractivity contribution in [2.45, 2.75) is 39.7 Å². The number of hydrogen-bond acceptors (Lipinski definition) is 7. The Morgan fingerprint density at radius 1 is 1.00 bits per heavy atom. The van der Waals surface area contributed by atoms with Crippen molar-refractivity contribution < 1.29 is 5.11 Å². The van der Waals surface area contributed by atoms with Crippen LogP contribution in [0.1, 0.15) is 41.8 Å². The van der Waals surface area contributed by atoms with Crippen molar-refractivity contribution in [1.82, 2.24) is 40.2 Å². The number of H-pyrrole nitrogens is 1. The maximum atomic E-state index is 9.54. The first-order chi connectivity index (χ1) is 16.2. The van der Waals surface area contributed by atoms with Crippen LogP contribution in [0.5, 0.6) is 0 Å². The Bertz CT molecular complexity index is 1390. The van der Waals surface area contributed by atoms with Gasteiger partial charge in [0.2, 0.25) is 5.82 Å². The molecule has 5 rings (SSSR count). The number of aromatic nitrogens is 8. The van der Waals surface area contributed by atoms with Crippen LogP contribution in [-0.2, 0) is 19.4 Å². The number of aliphatic hydroxyl groups excluding tert-OH is 1. The van der Waals surface area contributed by atoms with Crippen molar-refractivity contribution in [2.75, 3.05) is 0 Å². The highest BCUT2D eigenvalue weighted by Gasteiger charge is 2.17. The molecule has 33 heavy (non-hydrogen) atoms. The van der Waals surface area contributed by atoms with Gasteiger partial charge in [-0.3, -0.25) is 0 Å². The third kappa shape index (κ3) is 3.98. The summed E-state index contributed by atoms with van der Waals surface area (Å²) in [5.74, 6) is 1.75. The monoisotopic (exact) mass is 440 g/mol. The molecule has 5 aromatic rings. The van der Waals surface area contributed by atoms with Crippen molar-refractivity contribution >= 4 is 5.65 Å². The fourth-order valence-electron chi connectivity index (χ4n) is 4.12. The molecule has 166 valence electrons. The number of fused-ring (bicyclic) bond motifs is 1. The molecule has 3 heterocycles. The van der Waals surface area contributed by atoms with Gasteiger partial charge in [0.15, 0.2) is 11.5 Å². The van der Waals surface area contributed by atoms with Gasteiger partial charge in [-0.1, -0.05) is 61.9 Å². The fourth-order valence-corrected chi connectivity index (χ4v) is 4.12. The van der Waals surface area contributed by atoms with Crippen LogP contribution in [0.2, 0.25) is 0 Å². The van der Waals surface area contributed by atoms with Gasteiger partial charge in [0.1, 0.15) is 12.4 Å². The molecule has 2 N–H and O–H groups in total. The highest BCUT2D eigenvalue weighted by Crippen LogP contribution is 2.30. The molecule has 0 aliphatic carbocycles. The minimum Gasteiger partial charge on any atom is -0.388 e. The lowest BCUT2D eigenvalue weighted by Gasteiger charge is -2.12. The predicted molar refractivity (Wildman–Crippen MR) is 123 cm³/mol. The van der Waals surface area contributed by atoms with E-state index in [9.17, 15) is 5.11 Å². The number of hydrogen-bond donors (Lipinski definition) is 2. The number of aliphatic hydroxyl groups is 1. The normalized spacial score (nSPS) is 11.4. The lowest BCUT2D eigenvalue weighted by Crippen LogP contribution is -2.08. The summed E-state index contributed by atoms with van der Waals surface area (Å²) in [6, 6.07) is 16.5. The molecule has 0 bridgehead atoms. The van der Waals surface area contributed by atoms with Gasteiger partial charge in [-0.25, -0.2) is 9.97 Å². The first-order valence-electron chi connectivity index (χ1n) is 10.9. The van der Waals surface area contributed by atoms with Crippen LogP contribution in [0.3, 0.4) is 0 Å². The largest absolute Gasteiger partial charge is 0.388 e. The third-order valence-corrected chi connectivity index (χ3v) is 5.66. The van der Waals surface area contributed by atoms with E-state index in [1.807, 2.05) is 25.1 Å². The fraction of sp³-hybridized carbons (Fsp3) is 0.250. The van der Waals surface area contributed by atoms with Gasteiger partial charge in [0.25, 0.3) is 0 Å². The molecule has 0 saturated heterocycles. The summed E-state index contributed by atoms with van der Waals surface area (Å²) in [4.78, 5) is 9.37. The molecular weight excluding hydrogens is 416 g/mol. The minimum absolute atomic E-state index is 0.196. The van der Waals surface area contributed by atoms with E-state index in [-0.39, 0.29) is 6.61 Å². The number of aromatic amines is 1. The van der Waals surface area contributed by atoms with Crippen LogP contribution in [0, 0.1) is 6.92 Å². The van der Waals surface area contributed by atoms with E-state index in [0.717, 1.165) is 57.8 Å². The average Bonchev–Trinajstić information content (AvgIpc) is 3.53. The zero-order valence-corrected chi connectivity index (χ0v) is 18.5. The van der Waals surface area contributed by atoms with Gasteiger partial charge in [-0.15, -0.1) is 15.3 Å². The number of nitrogens with zero attached hydrogens (tertiary/aromatic N) is 7. The molecule has 3 aromatic heterocycles. The first kappa shape index (κ1) is 20.9. The zero-order valence-electron chi connectivity index (χ0n) is 18.5. The van der Waals surface area contributed by atoms with E-state index in [1.54, 1.807) is 4.52 Å². The molecule has 9 nitrogen and oxygen atoms in total. The summed E-state index contributed by atoms with van der Waals surface area (Å²) >= 11 is 0. The van der Waals surface area contributed by atoms with Gasteiger partial charge in [-0.2, -0.15) is 9.73 Å². The molecule has 9 heteroatoms. The lowest BCUT2D eigenvalue weighted by atomic mass is 9.96. The molecule has 0 saturated carbocycles. The SMILES string of the molecule is CCCc1nc(C)n2nc(CO)nc2c1Cc1ccc(-c2ccccc2-c2nn[nH]n2)cc1. The number of aryl methyl sites for hydroxylation is 2. The third-order valence-electron chi connectivity index (χ3n) is 5.66. The van der Waals surface area contributed by atoms with Crippen LogP contribution < -0.4 is 0 Å². The van der Waals surface area contributed by atoms with Gasteiger partial charge < -0.3 is 5.11 Å². The molecular formula is C24H24N8O. The Morgan fingerprint density at radius 2 is 1.79 bits per heavy atom. The molecule has 0 aliphatic rings. The van der Waals surface area contributed by atoms with Gasteiger partial charge >= 0.3 is 0 Å². The summed E-state index contributed by atoms with van der Waals surface area (Å²) in [6.45, 7) is 3.86. The van der Waals surface area contributed by atoms with Crippen molar-refractivity contribution in [3.05, 3.63) is 77.0 Å². The first-order valence-corrected chi connectivity index (χ1v) is 10.9. The van der Waals surface area contributed by atoms with Crippen LogP contribution in [0.25, 0.3) is 28.2 Å². The number of rotatable bonds is 7. The Morgan fingerprint density at radius 3 is 2.48 bits per heavy atom. The molecule has 0 aliphatic heterocycles. The summed E-state index contributed by atoms with van der Waals surface area (Å²) in [7, 11) is 0. The van der Waals surface area contributed by atoms with Crippen LogP contribution in [0.4, 0.5) is 0 Å². The maximum Gasteiger partial charge on any atom is 0.205 e. The van der Waals surface area contributed by atoms with Gasteiger partial charge in [-0.05, 0) is 35.2 Å². The van der Waals surface area contributed by atoms with Crippen LogP contribution in [-0.4, -0.2) is 45.3 Å². The van der Waals surface area contributed by atoms with Crippen molar-refractivity contribution in [2.24, 2.45) is 0 Å². The summed E-state index contributed by atoms with van der Waals surface area (Å²) in [6.07, 6.45) is 2.54. The molecule has 0 unspecified atom stereocenters. The molecule has 2 aromatic carbocycles. The van der Waals surface area contributed by atoms with Crippen LogP contribution >= 0.6 is 0 Å². The highest BCUT2D eigenvalue weighted by atomic mass is 16.3. The van der Waals surface area contributed by atoms with Gasteiger partial charge in [0, 0.05) is 23.2 Å².